The van der Waals surface area contributed by atoms with Crippen LogP contribution < -0.4 is 10.6 Å². The number of anilines is 1. The van der Waals surface area contributed by atoms with Crippen LogP contribution in [0.25, 0.3) is 0 Å². The van der Waals surface area contributed by atoms with Crippen molar-refractivity contribution in [3.8, 4) is 0 Å². The van der Waals surface area contributed by atoms with Gasteiger partial charge in [0.1, 0.15) is 0 Å². The molecule has 19 heavy (non-hydrogen) atoms. The van der Waals surface area contributed by atoms with Crippen LogP contribution in [0.1, 0.15) is 37.8 Å². The Kier molecular flexibility index (Phi) is 5.42. The normalized spacial score (nSPS) is 16.2. The quantitative estimate of drug-likeness (QED) is 0.763. The Morgan fingerprint density at radius 2 is 2.11 bits per heavy atom. The average Bonchev–Trinajstić information content (AvgIpc) is 2.37. The summed E-state index contributed by atoms with van der Waals surface area (Å²) in [5.74, 6) is 0.607. The fourth-order valence-electron chi connectivity index (χ4n) is 2.22. The summed E-state index contributed by atoms with van der Waals surface area (Å²) in [6.45, 7) is 1.92. The maximum atomic E-state index is 6.15. The average molecular weight is 363 g/mol. The fourth-order valence-corrected chi connectivity index (χ4v) is 3.13. The summed E-state index contributed by atoms with van der Waals surface area (Å²) in [7, 11) is 0. The maximum absolute atomic E-state index is 6.15. The largest absolute Gasteiger partial charge is 0.360 e. The molecule has 1 heterocycles. The van der Waals surface area contributed by atoms with Gasteiger partial charge in [0.2, 0.25) is 0 Å². The second-order valence-corrected chi connectivity index (χ2v) is 6.49. The van der Waals surface area contributed by atoms with Crippen molar-refractivity contribution in [1.82, 2.24) is 10.3 Å². The molecule has 1 aliphatic rings. The Labute approximate surface area is 132 Å². The molecule has 2 rings (SSSR count). The summed E-state index contributed by atoms with van der Waals surface area (Å²) in [5, 5.41) is 7.58. The molecule has 3 nitrogen and oxygen atoms in total. The Hall–Kier alpha value is -0.390. The van der Waals surface area contributed by atoms with Gasteiger partial charge in [-0.05, 0) is 54.0 Å². The third-order valence-corrected chi connectivity index (χ3v) is 4.59. The number of hydrogen-bond donors (Lipinski definition) is 2. The molecule has 0 radical (unpaired) electrons. The van der Waals surface area contributed by atoms with Gasteiger partial charge in [-0.2, -0.15) is 0 Å². The number of aromatic nitrogens is 1. The number of halogens is 2. The van der Waals surface area contributed by atoms with Gasteiger partial charge >= 0.3 is 0 Å². The monoisotopic (exact) mass is 361 g/mol. The zero-order valence-electron chi connectivity index (χ0n) is 10.8. The molecule has 1 aliphatic carbocycles. The van der Waals surface area contributed by atoms with Crippen molar-refractivity contribution in [3.05, 3.63) is 21.3 Å². The van der Waals surface area contributed by atoms with E-state index in [1.54, 1.807) is 0 Å². The van der Waals surface area contributed by atoms with E-state index < -0.39 is 0 Å². The predicted molar refractivity (Wildman–Crippen MR) is 87.9 cm³/mol. The lowest BCUT2D eigenvalue weighted by Gasteiger charge is -2.24. The molecule has 2 N–H and O–H groups in total. The van der Waals surface area contributed by atoms with E-state index in [0.29, 0.717) is 22.0 Å². The van der Waals surface area contributed by atoms with Crippen LogP contribution in [0.15, 0.2) is 10.5 Å². The molecule has 104 valence electrons. The molecule has 0 aromatic carbocycles. The highest BCUT2D eigenvalue weighted by Crippen LogP contribution is 2.26. The lowest BCUT2D eigenvalue weighted by atomic mass is 9.96. The van der Waals surface area contributed by atoms with Crippen LogP contribution in [0.4, 0.5) is 5.82 Å². The minimum atomic E-state index is 0.476. The molecule has 1 aromatic rings. The van der Waals surface area contributed by atoms with Gasteiger partial charge in [-0.1, -0.05) is 30.9 Å². The molecule has 0 spiro atoms. The van der Waals surface area contributed by atoms with Crippen molar-refractivity contribution in [2.24, 2.45) is 0 Å². The van der Waals surface area contributed by atoms with E-state index in [0.717, 1.165) is 10.2 Å². The third kappa shape index (κ3) is 4.29. The molecule has 0 unspecified atom stereocenters. The molecular weight excluding hydrogens is 346 g/mol. The van der Waals surface area contributed by atoms with Crippen molar-refractivity contribution in [2.45, 2.75) is 45.1 Å². The first kappa shape index (κ1) is 15.0. The van der Waals surface area contributed by atoms with E-state index in [1.165, 1.54) is 32.1 Å². The van der Waals surface area contributed by atoms with Crippen LogP contribution >= 0.6 is 39.7 Å². The summed E-state index contributed by atoms with van der Waals surface area (Å²) in [6.07, 6.45) is 6.25. The molecule has 0 saturated heterocycles. The van der Waals surface area contributed by atoms with Gasteiger partial charge in [0.05, 0.1) is 10.7 Å². The molecule has 1 aromatic heterocycles. The predicted octanol–water partition coefficient (Wildman–Crippen LogP) is 4.43. The molecule has 0 aliphatic heterocycles. The van der Waals surface area contributed by atoms with E-state index in [9.17, 15) is 0 Å². The first-order chi connectivity index (χ1) is 9.06. The zero-order valence-corrected chi connectivity index (χ0v) is 14.0. The Morgan fingerprint density at radius 3 is 2.79 bits per heavy atom. The van der Waals surface area contributed by atoms with Crippen molar-refractivity contribution in [1.29, 1.82) is 0 Å². The summed E-state index contributed by atoms with van der Waals surface area (Å²) in [4.78, 5) is 4.39. The highest BCUT2D eigenvalue weighted by molar-refractivity contribution is 9.10. The molecule has 0 bridgehead atoms. The highest BCUT2D eigenvalue weighted by Gasteiger charge is 2.15. The van der Waals surface area contributed by atoms with Crippen molar-refractivity contribution < 1.29 is 0 Å². The Morgan fingerprint density at radius 1 is 1.42 bits per heavy atom. The molecule has 0 amide bonds. The van der Waals surface area contributed by atoms with E-state index in [-0.39, 0.29) is 0 Å². The Balaban J connectivity index is 1.96. The second-order valence-electron chi connectivity index (χ2n) is 4.82. The fraction of sp³-hybridized carbons (Fsp3) is 0.538. The molecule has 0 atom stereocenters. The first-order valence-electron chi connectivity index (χ1n) is 6.46. The topological polar surface area (TPSA) is 37.0 Å². The first-order valence-corrected chi connectivity index (χ1v) is 8.04. The third-order valence-electron chi connectivity index (χ3n) is 3.28. The number of aryl methyl sites for hydroxylation is 1. The SMILES string of the molecule is Cc1nc(NC(=S)NC2CCCCC2)c(Cl)cc1Br. The molecule has 6 heteroatoms. The van der Waals surface area contributed by atoms with Gasteiger partial charge in [0.15, 0.2) is 10.9 Å². The van der Waals surface area contributed by atoms with Crippen LogP contribution in [0.2, 0.25) is 5.02 Å². The summed E-state index contributed by atoms with van der Waals surface area (Å²) >= 11 is 14.9. The number of thiocarbonyl (C=S) groups is 1. The van der Waals surface area contributed by atoms with Gasteiger partial charge in [0.25, 0.3) is 0 Å². The minimum Gasteiger partial charge on any atom is -0.360 e. The lowest BCUT2D eigenvalue weighted by molar-refractivity contribution is 0.415. The van der Waals surface area contributed by atoms with Gasteiger partial charge < -0.3 is 10.6 Å². The van der Waals surface area contributed by atoms with E-state index in [4.69, 9.17) is 23.8 Å². The number of pyridine rings is 1. The van der Waals surface area contributed by atoms with Gasteiger partial charge in [-0.25, -0.2) is 4.98 Å². The Bertz CT molecular complexity index is 475. The maximum Gasteiger partial charge on any atom is 0.172 e. The standard InChI is InChI=1S/C13H17BrClN3S/c1-8-10(14)7-11(15)12(16-8)18-13(19)17-9-5-3-2-4-6-9/h7,9H,2-6H2,1H3,(H2,16,17,18,19). The summed E-state index contributed by atoms with van der Waals surface area (Å²) in [6, 6.07) is 2.30. The van der Waals surface area contributed by atoms with Crippen molar-refractivity contribution in [2.75, 3.05) is 5.32 Å². The zero-order chi connectivity index (χ0) is 13.8. The molecule has 1 fully saturated rings. The molecule has 1 saturated carbocycles. The van der Waals surface area contributed by atoms with E-state index >= 15 is 0 Å². The summed E-state index contributed by atoms with van der Waals surface area (Å²) in [5.41, 5.74) is 0.882. The lowest BCUT2D eigenvalue weighted by Crippen LogP contribution is -2.39. The van der Waals surface area contributed by atoms with Gasteiger partial charge in [-0.15, -0.1) is 0 Å². The number of hydrogen-bond acceptors (Lipinski definition) is 2. The number of rotatable bonds is 2. The number of nitrogens with one attached hydrogen (secondary N) is 2. The van der Waals surface area contributed by atoms with Gasteiger partial charge in [-0.3, -0.25) is 0 Å². The smallest absolute Gasteiger partial charge is 0.172 e. The van der Waals surface area contributed by atoms with Crippen LogP contribution in [-0.4, -0.2) is 16.1 Å². The van der Waals surface area contributed by atoms with Crippen molar-refractivity contribution >= 4 is 50.7 Å². The number of nitrogens with zero attached hydrogens (tertiary/aromatic N) is 1. The minimum absolute atomic E-state index is 0.476. The van der Waals surface area contributed by atoms with Crippen LogP contribution in [-0.2, 0) is 0 Å². The second kappa shape index (κ2) is 6.86. The molecular formula is C13H17BrClN3S. The van der Waals surface area contributed by atoms with Crippen molar-refractivity contribution in [3.63, 3.8) is 0 Å². The van der Waals surface area contributed by atoms with E-state index in [1.807, 2.05) is 13.0 Å². The summed E-state index contributed by atoms with van der Waals surface area (Å²) < 4.78 is 0.897. The van der Waals surface area contributed by atoms with Crippen LogP contribution in [0.5, 0.6) is 0 Å². The van der Waals surface area contributed by atoms with Crippen LogP contribution in [0, 0.1) is 6.92 Å². The van der Waals surface area contributed by atoms with Crippen LogP contribution in [0.3, 0.4) is 0 Å². The van der Waals surface area contributed by atoms with Gasteiger partial charge in [0, 0.05) is 10.5 Å². The van der Waals surface area contributed by atoms with E-state index in [2.05, 4.69) is 31.5 Å². The highest BCUT2D eigenvalue weighted by atomic mass is 79.9.